The lowest BCUT2D eigenvalue weighted by Gasteiger charge is -2.04. The molecular weight excluding hydrogens is 182 g/mol. The predicted molar refractivity (Wildman–Crippen MR) is 51.8 cm³/mol. The average Bonchev–Trinajstić information content (AvgIpc) is 2.27. The standard InChI is InChI=1S/C10H11NO3/c1-14-8-2-3-9(10(13)5-11)7(4-8)6-12/h2-4,6H,5,11H2,1H3. The molecule has 0 radical (unpaired) electrons. The Balaban J connectivity index is 3.17. The van der Waals surface area contributed by atoms with Crippen LogP contribution in [0.25, 0.3) is 0 Å². The van der Waals surface area contributed by atoms with Crippen molar-refractivity contribution >= 4 is 12.1 Å². The van der Waals surface area contributed by atoms with E-state index in [-0.39, 0.29) is 12.3 Å². The van der Waals surface area contributed by atoms with E-state index < -0.39 is 0 Å². The van der Waals surface area contributed by atoms with E-state index in [9.17, 15) is 9.59 Å². The van der Waals surface area contributed by atoms with Gasteiger partial charge in [0.05, 0.1) is 13.7 Å². The minimum absolute atomic E-state index is 0.104. The number of benzene rings is 1. The van der Waals surface area contributed by atoms with E-state index in [2.05, 4.69) is 0 Å². The number of aldehydes is 1. The van der Waals surface area contributed by atoms with Crippen LogP contribution in [0.1, 0.15) is 20.7 Å². The SMILES string of the molecule is COc1ccc(C(=O)CN)c(C=O)c1. The van der Waals surface area contributed by atoms with Crippen molar-refractivity contribution in [2.24, 2.45) is 5.73 Å². The van der Waals surface area contributed by atoms with Crippen molar-refractivity contribution in [3.63, 3.8) is 0 Å². The first-order chi connectivity index (χ1) is 6.72. The molecule has 0 aliphatic heterocycles. The van der Waals surface area contributed by atoms with Gasteiger partial charge in [0.25, 0.3) is 0 Å². The third kappa shape index (κ3) is 1.97. The Morgan fingerprint density at radius 2 is 2.29 bits per heavy atom. The molecule has 1 aromatic carbocycles. The maximum absolute atomic E-state index is 11.3. The molecule has 0 spiro atoms. The van der Waals surface area contributed by atoms with E-state index in [0.29, 0.717) is 23.2 Å². The summed E-state index contributed by atoms with van der Waals surface area (Å²) in [4.78, 5) is 21.9. The Morgan fingerprint density at radius 1 is 1.57 bits per heavy atom. The van der Waals surface area contributed by atoms with Gasteiger partial charge in [0.1, 0.15) is 5.75 Å². The van der Waals surface area contributed by atoms with Gasteiger partial charge in [-0.05, 0) is 18.2 Å². The second-order valence-corrected chi connectivity index (χ2v) is 2.70. The summed E-state index contributed by atoms with van der Waals surface area (Å²) in [6, 6.07) is 4.67. The van der Waals surface area contributed by atoms with Crippen LogP contribution in [-0.4, -0.2) is 25.7 Å². The molecule has 0 bridgehead atoms. The van der Waals surface area contributed by atoms with Crippen LogP contribution in [-0.2, 0) is 0 Å². The smallest absolute Gasteiger partial charge is 0.177 e. The molecule has 1 aromatic rings. The Labute approximate surface area is 81.7 Å². The maximum atomic E-state index is 11.3. The number of carbonyl (C=O) groups excluding carboxylic acids is 2. The summed E-state index contributed by atoms with van der Waals surface area (Å²) in [6.45, 7) is -0.104. The van der Waals surface area contributed by atoms with E-state index in [1.807, 2.05) is 0 Å². The average molecular weight is 193 g/mol. The van der Waals surface area contributed by atoms with Crippen LogP contribution >= 0.6 is 0 Å². The van der Waals surface area contributed by atoms with Crippen molar-refractivity contribution in [2.45, 2.75) is 0 Å². The van der Waals surface area contributed by atoms with Gasteiger partial charge in [0.2, 0.25) is 0 Å². The molecule has 2 N–H and O–H groups in total. The monoisotopic (exact) mass is 193 g/mol. The van der Waals surface area contributed by atoms with Crippen LogP contribution in [0.4, 0.5) is 0 Å². The highest BCUT2D eigenvalue weighted by Crippen LogP contribution is 2.16. The Bertz CT molecular complexity index is 360. The molecule has 0 heterocycles. The number of carbonyl (C=O) groups is 2. The fourth-order valence-electron chi connectivity index (χ4n) is 1.13. The van der Waals surface area contributed by atoms with Gasteiger partial charge in [-0.1, -0.05) is 0 Å². The number of Topliss-reactive ketones (excluding diaryl/α,β-unsaturated/α-hetero) is 1. The lowest BCUT2D eigenvalue weighted by Crippen LogP contribution is -2.15. The van der Waals surface area contributed by atoms with Crippen LogP contribution in [0.5, 0.6) is 5.75 Å². The molecule has 74 valence electrons. The zero-order valence-corrected chi connectivity index (χ0v) is 7.82. The van der Waals surface area contributed by atoms with Gasteiger partial charge in [-0.25, -0.2) is 0 Å². The fourth-order valence-corrected chi connectivity index (χ4v) is 1.13. The summed E-state index contributed by atoms with van der Waals surface area (Å²) >= 11 is 0. The lowest BCUT2D eigenvalue weighted by atomic mass is 10.0. The molecule has 0 atom stereocenters. The number of ketones is 1. The van der Waals surface area contributed by atoms with E-state index in [4.69, 9.17) is 10.5 Å². The zero-order chi connectivity index (χ0) is 10.6. The summed E-state index contributed by atoms with van der Waals surface area (Å²) in [5.74, 6) is 0.287. The van der Waals surface area contributed by atoms with Crippen LogP contribution in [0.2, 0.25) is 0 Å². The van der Waals surface area contributed by atoms with E-state index >= 15 is 0 Å². The van der Waals surface area contributed by atoms with Gasteiger partial charge >= 0.3 is 0 Å². The Kier molecular flexibility index (Phi) is 3.36. The molecule has 4 nitrogen and oxygen atoms in total. The van der Waals surface area contributed by atoms with Crippen molar-refractivity contribution < 1.29 is 14.3 Å². The number of hydrogen-bond donors (Lipinski definition) is 1. The second kappa shape index (κ2) is 4.53. The van der Waals surface area contributed by atoms with Crippen LogP contribution in [0, 0.1) is 0 Å². The molecule has 14 heavy (non-hydrogen) atoms. The zero-order valence-electron chi connectivity index (χ0n) is 7.82. The van der Waals surface area contributed by atoms with Crippen molar-refractivity contribution in [3.8, 4) is 5.75 Å². The minimum Gasteiger partial charge on any atom is -0.497 e. The molecule has 4 heteroatoms. The van der Waals surface area contributed by atoms with E-state index in [1.54, 1.807) is 6.07 Å². The van der Waals surface area contributed by atoms with Crippen LogP contribution < -0.4 is 10.5 Å². The van der Waals surface area contributed by atoms with E-state index in [0.717, 1.165) is 0 Å². The molecule has 0 unspecified atom stereocenters. The first kappa shape index (κ1) is 10.4. The molecule has 0 fully saturated rings. The first-order valence-corrected chi connectivity index (χ1v) is 4.09. The lowest BCUT2D eigenvalue weighted by molar-refractivity contribution is 0.0994. The topological polar surface area (TPSA) is 69.4 Å². The normalized spacial score (nSPS) is 9.57. The summed E-state index contributed by atoms with van der Waals surface area (Å²) in [7, 11) is 1.49. The van der Waals surface area contributed by atoms with Gasteiger partial charge in [-0.15, -0.1) is 0 Å². The highest BCUT2D eigenvalue weighted by molar-refractivity contribution is 6.04. The number of rotatable bonds is 4. The number of hydrogen-bond acceptors (Lipinski definition) is 4. The molecule has 1 rings (SSSR count). The molecule has 0 aromatic heterocycles. The van der Waals surface area contributed by atoms with Gasteiger partial charge in [-0.2, -0.15) is 0 Å². The predicted octanol–water partition coefficient (Wildman–Crippen LogP) is 0.649. The van der Waals surface area contributed by atoms with Gasteiger partial charge in [0.15, 0.2) is 12.1 Å². The number of ether oxygens (including phenoxy) is 1. The highest BCUT2D eigenvalue weighted by Gasteiger charge is 2.09. The molecular formula is C10H11NO3. The summed E-state index contributed by atoms with van der Waals surface area (Å²) in [6.07, 6.45) is 0.616. The van der Waals surface area contributed by atoms with Crippen LogP contribution in [0.3, 0.4) is 0 Å². The largest absolute Gasteiger partial charge is 0.497 e. The second-order valence-electron chi connectivity index (χ2n) is 2.70. The van der Waals surface area contributed by atoms with Gasteiger partial charge in [0, 0.05) is 11.1 Å². The molecule has 0 saturated carbocycles. The Morgan fingerprint density at radius 3 is 2.79 bits per heavy atom. The maximum Gasteiger partial charge on any atom is 0.177 e. The fraction of sp³-hybridized carbons (Fsp3) is 0.200. The van der Waals surface area contributed by atoms with Crippen molar-refractivity contribution in [1.82, 2.24) is 0 Å². The molecule has 0 amide bonds. The van der Waals surface area contributed by atoms with Crippen molar-refractivity contribution in [2.75, 3.05) is 13.7 Å². The summed E-state index contributed by atoms with van der Waals surface area (Å²) in [5, 5.41) is 0. The van der Waals surface area contributed by atoms with Crippen molar-refractivity contribution in [1.29, 1.82) is 0 Å². The van der Waals surface area contributed by atoms with Gasteiger partial charge < -0.3 is 10.5 Å². The Hall–Kier alpha value is -1.68. The summed E-state index contributed by atoms with van der Waals surface area (Å²) in [5.41, 5.74) is 5.84. The van der Waals surface area contributed by atoms with E-state index in [1.165, 1.54) is 19.2 Å². The minimum atomic E-state index is -0.255. The quantitative estimate of drug-likeness (QED) is 0.563. The first-order valence-electron chi connectivity index (χ1n) is 4.09. The molecule has 0 saturated heterocycles. The molecule has 0 aliphatic rings. The number of methoxy groups -OCH3 is 1. The molecule has 0 aliphatic carbocycles. The van der Waals surface area contributed by atoms with Crippen molar-refractivity contribution in [3.05, 3.63) is 29.3 Å². The third-order valence-corrected chi connectivity index (χ3v) is 1.87. The summed E-state index contributed by atoms with van der Waals surface area (Å²) < 4.78 is 4.92. The number of nitrogens with two attached hydrogens (primary N) is 1. The highest BCUT2D eigenvalue weighted by atomic mass is 16.5. The van der Waals surface area contributed by atoms with Crippen LogP contribution in [0.15, 0.2) is 18.2 Å². The van der Waals surface area contributed by atoms with Gasteiger partial charge in [-0.3, -0.25) is 9.59 Å². The third-order valence-electron chi connectivity index (χ3n) is 1.87.